The molecule has 4 rings (SSSR count). The number of halogens is 2. The van der Waals surface area contributed by atoms with Crippen LogP contribution in [0.5, 0.6) is 0 Å². The van der Waals surface area contributed by atoms with E-state index in [4.69, 9.17) is 4.74 Å². The van der Waals surface area contributed by atoms with Crippen molar-refractivity contribution >= 4 is 17.7 Å². The number of carbonyl (C=O) groups is 1. The monoisotopic (exact) mass is 426 g/mol. The van der Waals surface area contributed by atoms with Gasteiger partial charge in [0.15, 0.2) is 0 Å². The Bertz CT molecular complexity index is 952. The van der Waals surface area contributed by atoms with Gasteiger partial charge in [0, 0.05) is 25.1 Å². The number of carbonyl (C=O) groups excluding carboxylic acids is 1. The molecule has 164 valence electrons. The standard InChI is InChI=1S/C25H28F2N2O2/c1-2-31-24(30)14-18-9-11-29(12-10-18)25-21(26)15-19(16-22(25)27)23-8-4-7-20(28-23)13-17-5-3-6-17/h4,7-8,13,15-16,18H,2-3,5-6,9-12,14H2,1H3. The molecule has 2 heterocycles. The minimum absolute atomic E-state index is 0.00563. The molecule has 2 fully saturated rings. The van der Waals surface area contributed by atoms with Crippen molar-refractivity contribution in [3.05, 3.63) is 53.2 Å². The van der Waals surface area contributed by atoms with Crippen LogP contribution in [-0.4, -0.2) is 30.6 Å². The number of pyridine rings is 1. The van der Waals surface area contributed by atoms with Crippen LogP contribution in [0, 0.1) is 17.6 Å². The van der Waals surface area contributed by atoms with Crippen LogP contribution in [-0.2, 0) is 9.53 Å². The van der Waals surface area contributed by atoms with Crippen LogP contribution in [0.2, 0.25) is 0 Å². The van der Waals surface area contributed by atoms with Crippen LogP contribution in [0.25, 0.3) is 17.3 Å². The van der Waals surface area contributed by atoms with Gasteiger partial charge < -0.3 is 9.64 Å². The lowest BCUT2D eigenvalue weighted by atomic mass is 9.91. The molecule has 1 aliphatic heterocycles. The fraction of sp³-hybridized carbons (Fsp3) is 0.440. The number of nitrogens with zero attached hydrogens (tertiary/aromatic N) is 2. The molecule has 0 spiro atoms. The summed E-state index contributed by atoms with van der Waals surface area (Å²) in [6.45, 7) is 3.18. The summed E-state index contributed by atoms with van der Waals surface area (Å²) >= 11 is 0. The Morgan fingerprint density at radius 1 is 1.19 bits per heavy atom. The predicted octanol–water partition coefficient (Wildman–Crippen LogP) is 5.76. The molecule has 0 atom stereocenters. The van der Waals surface area contributed by atoms with Gasteiger partial charge in [0.25, 0.3) is 0 Å². The molecular formula is C25H28F2N2O2. The van der Waals surface area contributed by atoms with Crippen LogP contribution < -0.4 is 4.90 Å². The molecule has 1 saturated carbocycles. The third kappa shape index (κ3) is 5.12. The van der Waals surface area contributed by atoms with Crippen molar-refractivity contribution < 1.29 is 18.3 Å². The topological polar surface area (TPSA) is 42.4 Å². The zero-order valence-corrected chi connectivity index (χ0v) is 17.9. The Kier molecular flexibility index (Phi) is 6.64. The maximum absolute atomic E-state index is 15.0. The molecule has 1 saturated heterocycles. The predicted molar refractivity (Wildman–Crippen MR) is 118 cm³/mol. The average molecular weight is 427 g/mol. The molecule has 0 N–H and O–H groups in total. The molecule has 31 heavy (non-hydrogen) atoms. The van der Waals surface area contributed by atoms with Crippen LogP contribution in [0.15, 0.2) is 35.9 Å². The maximum Gasteiger partial charge on any atom is 0.306 e. The van der Waals surface area contributed by atoms with Crippen LogP contribution in [0.3, 0.4) is 0 Å². The number of anilines is 1. The molecule has 0 radical (unpaired) electrons. The molecule has 2 aliphatic rings. The Morgan fingerprint density at radius 3 is 2.52 bits per heavy atom. The van der Waals surface area contributed by atoms with E-state index in [0.717, 1.165) is 18.5 Å². The molecule has 4 nitrogen and oxygen atoms in total. The van der Waals surface area contributed by atoms with E-state index >= 15 is 0 Å². The summed E-state index contributed by atoms with van der Waals surface area (Å²) in [5.41, 5.74) is 3.19. The number of piperidine rings is 1. The quantitative estimate of drug-likeness (QED) is 0.551. The average Bonchev–Trinajstić information content (AvgIpc) is 2.72. The number of hydrogen-bond donors (Lipinski definition) is 0. The van der Waals surface area contributed by atoms with E-state index in [1.807, 2.05) is 12.1 Å². The van der Waals surface area contributed by atoms with Crippen molar-refractivity contribution in [1.29, 1.82) is 0 Å². The van der Waals surface area contributed by atoms with E-state index in [-0.39, 0.29) is 17.6 Å². The second-order valence-corrected chi connectivity index (χ2v) is 8.33. The van der Waals surface area contributed by atoms with Crippen LogP contribution >= 0.6 is 0 Å². The largest absolute Gasteiger partial charge is 0.466 e. The summed E-state index contributed by atoms with van der Waals surface area (Å²) < 4.78 is 34.9. The van der Waals surface area contributed by atoms with Gasteiger partial charge in [0.05, 0.1) is 18.0 Å². The van der Waals surface area contributed by atoms with Gasteiger partial charge in [0.1, 0.15) is 17.3 Å². The van der Waals surface area contributed by atoms with Crippen LogP contribution in [0.1, 0.15) is 51.1 Å². The third-order valence-corrected chi connectivity index (χ3v) is 6.12. The van der Waals surface area contributed by atoms with Gasteiger partial charge in [-0.25, -0.2) is 13.8 Å². The summed E-state index contributed by atoms with van der Waals surface area (Å²) in [4.78, 5) is 18.0. The molecule has 1 aliphatic carbocycles. The molecule has 0 bridgehead atoms. The van der Waals surface area contributed by atoms with Gasteiger partial charge in [-0.15, -0.1) is 0 Å². The van der Waals surface area contributed by atoms with Crippen molar-refractivity contribution in [3.8, 4) is 11.3 Å². The van der Waals surface area contributed by atoms with Crippen molar-refractivity contribution in [2.45, 2.75) is 45.4 Å². The van der Waals surface area contributed by atoms with Gasteiger partial charge >= 0.3 is 5.97 Å². The molecule has 1 aromatic heterocycles. The molecule has 6 heteroatoms. The summed E-state index contributed by atoms with van der Waals surface area (Å²) in [7, 11) is 0. The van der Waals surface area contributed by atoms with Crippen molar-refractivity contribution in [2.75, 3.05) is 24.6 Å². The summed E-state index contributed by atoms with van der Waals surface area (Å²) in [6.07, 6.45) is 7.25. The number of esters is 1. The first-order chi connectivity index (χ1) is 15.0. The third-order valence-electron chi connectivity index (χ3n) is 6.12. The Balaban J connectivity index is 1.47. The number of ether oxygens (including phenoxy) is 1. The maximum atomic E-state index is 15.0. The zero-order valence-electron chi connectivity index (χ0n) is 17.9. The van der Waals surface area contributed by atoms with E-state index in [1.54, 1.807) is 17.9 Å². The SMILES string of the molecule is CCOC(=O)CC1CCN(c2c(F)cc(-c3cccc(C=C4CCC4)n3)cc2F)CC1. The van der Waals surface area contributed by atoms with Crippen LogP contribution in [0.4, 0.5) is 14.5 Å². The van der Waals surface area contributed by atoms with E-state index in [1.165, 1.54) is 24.1 Å². The lowest BCUT2D eigenvalue weighted by molar-refractivity contribution is -0.144. The minimum atomic E-state index is -0.580. The van der Waals surface area contributed by atoms with E-state index < -0.39 is 11.6 Å². The van der Waals surface area contributed by atoms with Gasteiger partial charge in [0.2, 0.25) is 0 Å². The first-order valence-electron chi connectivity index (χ1n) is 11.1. The molecule has 0 amide bonds. The zero-order chi connectivity index (χ0) is 21.8. The molecule has 2 aromatic rings. The summed E-state index contributed by atoms with van der Waals surface area (Å²) in [5, 5.41) is 0. The normalized spacial score (nSPS) is 16.7. The highest BCUT2D eigenvalue weighted by atomic mass is 19.1. The molecule has 0 unspecified atom stereocenters. The Hall–Kier alpha value is -2.76. The van der Waals surface area contributed by atoms with E-state index in [9.17, 15) is 13.6 Å². The van der Waals surface area contributed by atoms with Gasteiger partial charge in [-0.1, -0.05) is 11.6 Å². The molecular weight excluding hydrogens is 398 g/mol. The number of hydrogen-bond acceptors (Lipinski definition) is 4. The summed E-state index contributed by atoms with van der Waals surface area (Å²) in [5.74, 6) is -1.17. The lowest BCUT2D eigenvalue weighted by Crippen LogP contribution is -2.35. The highest BCUT2D eigenvalue weighted by Crippen LogP contribution is 2.33. The van der Waals surface area contributed by atoms with Crippen molar-refractivity contribution in [1.82, 2.24) is 4.98 Å². The minimum Gasteiger partial charge on any atom is -0.466 e. The van der Waals surface area contributed by atoms with Gasteiger partial charge in [-0.3, -0.25) is 4.79 Å². The Morgan fingerprint density at radius 2 is 1.90 bits per heavy atom. The lowest BCUT2D eigenvalue weighted by Gasteiger charge is -2.33. The smallest absolute Gasteiger partial charge is 0.306 e. The molecule has 1 aromatic carbocycles. The van der Waals surface area contributed by atoms with E-state index in [0.29, 0.717) is 50.2 Å². The highest BCUT2D eigenvalue weighted by Gasteiger charge is 2.26. The Labute approximate surface area is 181 Å². The van der Waals surface area contributed by atoms with Gasteiger partial charge in [-0.05, 0) is 75.3 Å². The number of allylic oxidation sites excluding steroid dienone is 1. The first kappa shape index (κ1) is 21.5. The van der Waals surface area contributed by atoms with Crippen molar-refractivity contribution in [3.63, 3.8) is 0 Å². The second-order valence-electron chi connectivity index (χ2n) is 8.33. The first-order valence-corrected chi connectivity index (χ1v) is 11.1. The number of rotatable bonds is 6. The highest BCUT2D eigenvalue weighted by molar-refractivity contribution is 5.70. The fourth-order valence-corrected chi connectivity index (χ4v) is 4.26. The number of benzene rings is 1. The number of aromatic nitrogens is 1. The van der Waals surface area contributed by atoms with Gasteiger partial charge in [-0.2, -0.15) is 0 Å². The van der Waals surface area contributed by atoms with Crippen molar-refractivity contribution in [2.24, 2.45) is 5.92 Å². The summed E-state index contributed by atoms with van der Waals surface area (Å²) in [6, 6.07) is 8.29. The van der Waals surface area contributed by atoms with E-state index in [2.05, 4.69) is 11.1 Å². The second kappa shape index (κ2) is 9.58. The fourth-order valence-electron chi connectivity index (χ4n) is 4.26.